The smallest absolute Gasteiger partial charge is 0.203 e. The van der Waals surface area contributed by atoms with Crippen LogP contribution in [0.15, 0.2) is 4.34 Å². The minimum atomic E-state index is -1.61. The van der Waals surface area contributed by atoms with E-state index in [1.807, 2.05) is 0 Å². The lowest BCUT2D eigenvalue weighted by molar-refractivity contribution is 0.311. The third-order valence-electron chi connectivity index (χ3n) is 3.00. The molecule has 0 aliphatic carbocycles. The van der Waals surface area contributed by atoms with Crippen LogP contribution in [-0.4, -0.2) is 30.9 Å². The number of thioether (sulfide) groups is 1. The van der Waals surface area contributed by atoms with Gasteiger partial charge in [-0.05, 0) is 18.1 Å². The Labute approximate surface area is 112 Å². The molecule has 0 saturated heterocycles. The molecule has 0 aliphatic heterocycles. The zero-order valence-electron chi connectivity index (χ0n) is 11.1. The van der Waals surface area contributed by atoms with Crippen LogP contribution in [0.25, 0.3) is 0 Å². The van der Waals surface area contributed by atoms with Crippen molar-refractivity contribution in [2.24, 2.45) is 0 Å². The van der Waals surface area contributed by atoms with Crippen molar-refractivity contribution in [1.29, 1.82) is 0 Å². The highest BCUT2D eigenvalue weighted by Crippen LogP contribution is 2.36. The second-order valence-corrected chi connectivity index (χ2v) is 12.5. The van der Waals surface area contributed by atoms with Crippen LogP contribution in [0.3, 0.4) is 0 Å². The molecule has 7 heteroatoms. The largest absolute Gasteiger partial charge is 0.416 e. The van der Waals surface area contributed by atoms with E-state index in [0.29, 0.717) is 5.13 Å². The lowest BCUT2D eigenvalue weighted by atomic mass is 10.2. The van der Waals surface area contributed by atoms with E-state index < -0.39 is 8.32 Å². The molecule has 98 valence electrons. The summed E-state index contributed by atoms with van der Waals surface area (Å²) in [5.74, 6) is 0.904. The summed E-state index contributed by atoms with van der Waals surface area (Å²) in [6, 6.07) is 0. The summed E-state index contributed by atoms with van der Waals surface area (Å²) in [5.41, 5.74) is 5.52. The van der Waals surface area contributed by atoms with Crippen LogP contribution < -0.4 is 5.73 Å². The van der Waals surface area contributed by atoms with Gasteiger partial charge in [-0.25, -0.2) is 0 Å². The Morgan fingerprint density at radius 1 is 1.35 bits per heavy atom. The highest BCUT2D eigenvalue weighted by molar-refractivity contribution is 8.01. The molecule has 1 rings (SSSR count). The molecule has 1 aromatic rings. The maximum atomic E-state index is 6.07. The van der Waals surface area contributed by atoms with Gasteiger partial charge in [0.2, 0.25) is 5.13 Å². The van der Waals surface area contributed by atoms with E-state index >= 15 is 0 Å². The molecule has 1 heterocycles. The first kappa shape index (κ1) is 14.9. The summed E-state index contributed by atoms with van der Waals surface area (Å²) < 4.78 is 6.98. The molecular formula is C10H21N3OS2Si. The molecule has 0 bridgehead atoms. The molecule has 1 aromatic heterocycles. The molecule has 0 atom stereocenters. The topological polar surface area (TPSA) is 61.0 Å². The monoisotopic (exact) mass is 291 g/mol. The van der Waals surface area contributed by atoms with Gasteiger partial charge in [0.15, 0.2) is 12.7 Å². The van der Waals surface area contributed by atoms with E-state index in [1.54, 1.807) is 11.8 Å². The number of hydrogen-bond acceptors (Lipinski definition) is 6. The molecule has 0 saturated carbocycles. The number of hydrogen-bond donors (Lipinski definition) is 1. The molecule has 0 spiro atoms. The van der Waals surface area contributed by atoms with E-state index in [2.05, 4.69) is 44.1 Å². The Morgan fingerprint density at radius 3 is 2.47 bits per heavy atom. The average molecular weight is 292 g/mol. The average Bonchev–Trinajstić information content (AvgIpc) is 2.57. The van der Waals surface area contributed by atoms with Gasteiger partial charge < -0.3 is 10.2 Å². The van der Waals surface area contributed by atoms with Crippen molar-refractivity contribution in [2.75, 3.05) is 18.1 Å². The number of nitrogens with two attached hydrogens (primary N) is 1. The van der Waals surface area contributed by atoms with Crippen molar-refractivity contribution in [3.63, 3.8) is 0 Å². The van der Waals surface area contributed by atoms with Crippen molar-refractivity contribution < 1.29 is 4.43 Å². The summed E-state index contributed by atoms with van der Waals surface area (Å²) in [5, 5.41) is 8.53. The zero-order chi connectivity index (χ0) is 13.1. The summed E-state index contributed by atoms with van der Waals surface area (Å²) in [7, 11) is -1.61. The van der Waals surface area contributed by atoms with Crippen LogP contribution in [0.2, 0.25) is 18.1 Å². The van der Waals surface area contributed by atoms with Gasteiger partial charge >= 0.3 is 0 Å². The van der Waals surface area contributed by atoms with Crippen molar-refractivity contribution in [3.05, 3.63) is 0 Å². The quantitative estimate of drug-likeness (QED) is 0.513. The number of rotatable bonds is 5. The Hall–Kier alpha value is -0.113. The predicted octanol–water partition coefficient (Wildman–Crippen LogP) is 3.23. The van der Waals surface area contributed by atoms with Crippen molar-refractivity contribution >= 4 is 36.5 Å². The molecule has 0 radical (unpaired) electrons. The Morgan fingerprint density at radius 2 is 2.00 bits per heavy atom. The highest BCUT2D eigenvalue weighted by atomic mass is 32.2. The van der Waals surface area contributed by atoms with Crippen LogP contribution in [0.1, 0.15) is 20.8 Å². The number of nitrogen functional groups attached to an aromatic ring is 1. The minimum absolute atomic E-state index is 0.269. The third-order valence-corrected chi connectivity index (χ3v) is 9.39. The second kappa shape index (κ2) is 5.68. The zero-order valence-corrected chi connectivity index (χ0v) is 13.7. The van der Waals surface area contributed by atoms with E-state index in [4.69, 9.17) is 10.2 Å². The third kappa shape index (κ3) is 4.57. The number of anilines is 1. The maximum absolute atomic E-state index is 6.07. The summed E-state index contributed by atoms with van der Waals surface area (Å²) in [6.07, 6.45) is 0. The van der Waals surface area contributed by atoms with Gasteiger partial charge in [0.1, 0.15) is 0 Å². The van der Waals surface area contributed by atoms with Crippen molar-refractivity contribution in [1.82, 2.24) is 10.2 Å². The van der Waals surface area contributed by atoms with Gasteiger partial charge in [0, 0.05) is 12.4 Å². The van der Waals surface area contributed by atoms with Crippen LogP contribution in [0.4, 0.5) is 5.13 Å². The van der Waals surface area contributed by atoms with Gasteiger partial charge in [0.05, 0.1) is 0 Å². The normalized spacial score (nSPS) is 13.0. The highest BCUT2D eigenvalue weighted by Gasteiger charge is 2.36. The van der Waals surface area contributed by atoms with Crippen LogP contribution in [0.5, 0.6) is 0 Å². The predicted molar refractivity (Wildman–Crippen MR) is 78.2 cm³/mol. The van der Waals surface area contributed by atoms with Crippen LogP contribution in [-0.2, 0) is 4.43 Å². The van der Waals surface area contributed by atoms with Crippen LogP contribution >= 0.6 is 23.1 Å². The minimum Gasteiger partial charge on any atom is -0.416 e. The molecule has 0 aromatic carbocycles. The molecule has 17 heavy (non-hydrogen) atoms. The Bertz CT molecular complexity index is 363. The van der Waals surface area contributed by atoms with Gasteiger partial charge in [-0.3, -0.25) is 0 Å². The fourth-order valence-corrected chi connectivity index (χ4v) is 3.64. The lowest BCUT2D eigenvalue weighted by Gasteiger charge is -2.36. The Balaban J connectivity index is 2.29. The molecular weight excluding hydrogens is 270 g/mol. The molecule has 0 fully saturated rings. The molecule has 2 N–H and O–H groups in total. The van der Waals surface area contributed by atoms with E-state index in [1.165, 1.54) is 11.3 Å². The van der Waals surface area contributed by atoms with Gasteiger partial charge in [0.25, 0.3) is 0 Å². The summed E-state index contributed by atoms with van der Waals surface area (Å²) in [4.78, 5) is 0. The summed E-state index contributed by atoms with van der Waals surface area (Å²) >= 11 is 3.08. The first-order valence-electron chi connectivity index (χ1n) is 5.58. The molecule has 0 aliphatic rings. The Kier molecular flexibility index (Phi) is 5.00. The maximum Gasteiger partial charge on any atom is 0.203 e. The van der Waals surface area contributed by atoms with E-state index in [0.717, 1.165) is 16.7 Å². The standard InChI is InChI=1S/C10H21N3OS2Si/c1-10(2,3)17(4,5)14-6-7-15-9-13-12-8(11)16-9/h6-7H2,1-5H3,(H2,11,12). The molecule has 4 nitrogen and oxygen atoms in total. The first-order valence-corrected chi connectivity index (χ1v) is 10.3. The van der Waals surface area contributed by atoms with E-state index in [-0.39, 0.29) is 5.04 Å². The number of nitrogens with zero attached hydrogens (tertiary/aromatic N) is 2. The van der Waals surface area contributed by atoms with E-state index in [9.17, 15) is 0 Å². The molecule has 0 unspecified atom stereocenters. The fourth-order valence-electron chi connectivity index (χ4n) is 0.921. The van der Waals surface area contributed by atoms with Crippen LogP contribution in [0, 0.1) is 0 Å². The van der Waals surface area contributed by atoms with Crippen molar-refractivity contribution in [3.8, 4) is 0 Å². The first-order chi connectivity index (χ1) is 7.72. The summed E-state index contributed by atoms with van der Waals surface area (Å²) in [6.45, 7) is 12.0. The SMILES string of the molecule is CC(C)(C)[Si](C)(C)OCCSc1nnc(N)s1. The lowest BCUT2D eigenvalue weighted by Crippen LogP contribution is -2.41. The van der Waals surface area contributed by atoms with Gasteiger partial charge in [-0.1, -0.05) is 43.9 Å². The second-order valence-electron chi connectivity index (χ2n) is 5.36. The van der Waals surface area contributed by atoms with Gasteiger partial charge in [-0.2, -0.15) is 0 Å². The fraction of sp³-hybridized carbons (Fsp3) is 0.800. The molecule has 0 amide bonds. The van der Waals surface area contributed by atoms with Gasteiger partial charge in [-0.15, -0.1) is 10.2 Å². The number of aromatic nitrogens is 2. The van der Waals surface area contributed by atoms with Crippen molar-refractivity contribution in [2.45, 2.75) is 43.2 Å².